The third-order valence-electron chi connectivity index (χ3n) is 2.28. The molecule has 0 aliphatic carbocycles. The predicted molar refractivity (Wildman–Crippen MR) is 57.3 cm³/mol. The maximum atomic E-state index is 12.8. The van der Waals surface area contributed by atoms with Crippen LogP contribution >= 0.6 is 0 Å². The second-order valence-corrected chi connectivity index (χ2v) is 3.43. The number of ether oxygens (including phenoxy) is 1. The number of hydrogen-bond donors (Lipinski definition) is 1. The molecule has 2 rings (SSSR count). The molecule has 1 aromatic heterocycles. The van der Waals surface area contributed by atoms with Crippen molar-refractivity contribution in [3.05, 3.63) is 30.0 Å². The number of methoxy groups -OCH3 is 1. The van der Waals surface area contributed by atoms with Crippen molar-refractivity contribution in [3.8, 4) is 11.4 Å². The van der Waals surface area contributed by atoms with Gasteiger partial charge in [-0.2, -0.15) is 13.2 Å². The minimum Gasteiger partial charge on any atom is -0.497 e. The van der Waals surface area contributed by atoms with E-state index >= 15 is 0 Å². The highest BCUT2D eigenvalue weighted by molar-refractivity contribution is 5.44. The van der Waals surface area contributed by atoms with Crippen molar-refractivity contribution in [1.29, 1.82) is 0 Å². The summed E-state index contributed by atoms with van der Waals surface area (Å²) in [5.74, 6) is -0.126. The van der Waals surface area contributed by atoms with Crippen LogP contribution < -0.4 is 10.5 Å². The molecule has 2 N–H and O–H groups in total. The van der Waals surface area contributed by atoms with Crippen LogP contribution in [-0.4, -0.2) is 22.1 Å². The van der Waals surface area contributed by atoms with E-state index in [1.165, 1.54) is 31.4 Å². The van der Waals surface area contributed by atoms with Crippen LogP contribution in [0.15, 0.2) is 24.3 Å². The number of nitrogen functional groups attached to an aromatic ring is 1. The van der Waals surface area contributed by atoms with E-state index in [0.717, 1.165) is 0 Å². The van der Waals surface area contributed by atoms with E-state index in [1.807, 2.05) is 0 Å². The molecule has 0 saturated carbocycles. The van der Waals surface area contributed by atoms with Crippen LogP contribution in [-0.2, 0) is 6.18 Å². The fourth-order valence-corrected chi connectivity index (χ4v) is 1.46. The summed E-state index contributed by atoms with van der Waals surface area (Å²) in [6, 6.07) is 5.91. The van der Waals surface area contributed by atoms with E-state index in [2.05, 4.69) is 10.3 Å². The first-order valence-electron chi connectivity index (χ1n) is 4.86. The highest BCUT2D eigenvalue weighted by atomic mass is 19.4. The van der Waals surface area contributed by atoms with Crippen molar-refractivity contribution in [3.63, 3.8) is 0 Å². The molecular weight excluding hydrogens is 249 g/mol. The maximum Gasteiger partial charge on any atom is 0.437 e. The summed E-state index contributed by atoms with van der Waals surface area (Å²) < 4.78 is 43.9. The molecule has 96 valence electrons. The van der Waals surface area contributed by atoms with Gasteiger partial charge in [-0.3, -0.25) is 0 Å². The fourth-order valence-electron chi connectivity index (χ4n) is 1.46. The van der Waals surface area contributed by atoms with Gasteiger partial charge in [0.25, 0.3) is 0 Å². The average Bonchev–Trinajstić information content (AvgIpc) is 2.71. The van der Waals surface area contributed by atoms with Crippen LogP contribution in [0.5, 0.6) is 5.75 Å². The fraction of sp³-hybridized carbons (Fsp3) is 0.200. The Morgan fingerprint density at radius 1 is 1.22 bits per heavy atom. The number of nitrogens with zero attached hydrogens (tertiary/aromatic N) is 3. The molecule has 0 aliphatic heterocycles. The average molecular weight is 258 g/mol. The van der Waals surface area contributed by atoms with E-state index in [0.29, 0.717) is 10.4 Å². The molecule has 0 fully saturated rings. The summed E-state index contributed by atoms with van der Waals surface area (Å²) in [4.78, 5) is 0. The molecule has 0 saturated heterocycles. The lowest BCUT2D eigenvalue weighted by atomic mass is 10.3. The number of anilines is 1. The lowest BCUT2D eigenvalue weighted by Crippen LogP contribution is -2.15. The van der Waals surface area contributed by atoms with Gasteiger partial charge in [-0.25, -0.2) is 4.68 Å². The van der Waals surface area contributed by atoms with Crippen molar-refractivity contribution < 1.29 is 17.9 Å². The van der Waals surface area contributed by atoms with Crippen LogP contribution in [0.4, 0.5) is 19.0 Å². The minimum absolute atomic E-state index is 0.201. The lowest BCUT2D eigenvalue weighted by molar-refractivity contribution is -0.142. The Hall–Kier alpha value is -2.25. The molecule has 0 radical (unpaired) electrons. The van der Waals surface area contributed by atoms with Gasteiger partial charge in [-0.05, 0) is 24.3 Å². The van der Waals surface area contributed by atoms with E-state index in [4.69, 9.17) is 10.5 Å². The zero-order chi connectivity index (χ0) is 13.3. The van der Waals surface area contributed by atoms with Crippen LogP contribution in [0.3, 0.4) is 0 Å². The van der Waals surface area contributed by atoms with Gasteiger partial charge in [0.1, 0.15) is 5.75 Å². The molecule has 0 amide bonds. The quantitative estimate of drug-likeness (QED) is 0.893. The Kier molecular flexibility index (Phi) is 2.85. The second kappa shape index (κ2) is 4.21. The first kappa shape index (κ1) is 12.2. The zero-order valence-corrected chi connectivity index (χ0v) is 9.27. The number of benzene rings is 1. The number of nitrogens with two attached hydrogens (primary N) is 1. The van der Waals surface area contributed by atoms with E-state index in [1.54, 1.807) is 0 Å². The highest BCUT2D eigenvalue weighted by Gasteiger charge is 2.39. The molecule has 1 aromatic carbocycles. The van der Waals surface area contributed by atoms with Crippen molar-refractivity contribution in [1.82, 2.24) is 15.0 Å². The molecule has 0 unspecified atom stereocenters. The van der Waals surface area contributed by atoms with Gasteiger partial charge in [0.05, 0.1) is 12.8 Å². The van der Waals surface area contributed by atoms with Crippen LogP contribution in [0.1, 0.15) is 5.69 Å². The maximum absolute atomic E-state index is 12.8. The Morgan fingerprint density at radius 2 is 1.83 bits per heavy atom. The lowest BCUT2D eigenvalue weighted by Gasteiger charge is -2.10. The predicted octanol–water partition coefficient (Wildman–Crippen LogP) is 1.88. The summed E-state index contributed by atoms with van der Waals surface area (Å²) in [6.07, 6.45) is -4.62. The van der Waals surface area contributed by atoms with Gasteiger partial charge in [0, 0.05) is 0 Å². The number of hydrogen-bond acceptors (Lipinski definition) is 4. The zero-order valence-electron chi connectivity index (χ0n) is 9.27. The number of alkyl halides is 3. The van der Waals surface area contributed by atoms with Crippen molar-refractivity contribution >= 4 is 5.82 Å². The summed E-state index contributed by atoms with van der Waals surface area (Å²) in [7, 11) is 1.46. The Morgan fingerprint density at radius 3 is 2.33 bits per heavy atom. The Balaban J connectivity index is 2.51. The third kappa shape index (κ3) is 2.08. The molecule has 0 atom stereocenters. The topological polar surface area (TPSA) is 66.0 Å². The molecule has 1 heterocycles. The molecule has 0 aliphatic rings. The van der Waals surface area contributed by atoms with Gasteiger partial charge >= 0.3 is 6.18 Å². The SMILES string of the molecule is COc1ccc(-n2nnc(N)c2C(F)(F)F)cc1. The van der Waals surface area contributed by atoms with Crippen molar-refractivity contribution in [2.45, 2.75) is 6.18 Å². The summed E-state index contributed by atoms with van der Waals surface area (Å²) in [6.45, 7) is 0. The van der Waals surface area contributed by atoms with Crippen LogP contribution in [0.25, 0.3) is 5.69 Å². The highest BCUT2D eigenvalue weighted by Crippen LogP contribution is 2.33. The van der Waals surface area contributed by atoms with Gasteiger partial charge < -0.3 is 10.5 Å². The summed E-state index contributed by atoms with van der Waals surface area (Å²) >= 11 is 0. The number of aromatic nitrogens is 3. The number of halogens is 3. The Labute approximate surface area is 100.0 Å². The van der Waals surface area contributed by atoms with E-state index in [9.17, 15) is 13.2 Å². The summed E-state index contributed by atoms with van der Waals surface area (Å²) in [5, 5.41) is 6.63. The molecule has 0 spiro atoms. The normalized spacial score (nSPS) is 11.6. The summed E-state index contributed by atoms with van der Waals surface area (Å²) in [5.41, 5.74) is 4.29. The van der Waals surface area contributed by atoms with Crippen LogP contribution in [0, 0.1) is 0 Å². The van der Waals surface area contributed by atoms with Crippen LogP contribution in [0.2, 0.25) is 0 Å². The van der Waals surface area contributed by atoms with E-state index < -0.39 is 17.7 Å². The van der Waals surface area contributed by atoms with Gasteiger partial charge in [-0.15, -0.1) is 5.10 Å². The molecule has 8 heteroatoms. The third-order valence-corrected chi connectivity index (χ3v) is 2.28. The van der Waals surface area contributed by atoms with Gasteiger partial charge in [-0.1, -0.05) is 5.21 Å². The molecular formula is C10H9F3N4O. The number of rotatable bonds is 2. The standard InChI is InChI=1S/C10H9F3N4O/c1-18-7-4-2-6(3-5-7)17-8(10(11,12)13)9(14)15-16-17/h2-5H,14H2,1H3. The first-order chi connectivity index (χ1) is 8.43. The molecule has 5 nitrogen and oxygen atoms in total. The molecule has 2 aromatic rings. The van der Waals surface area contributed by atoms with Crippen molar-refractivity contribution in [2.24, 2.45) is 0 Å². The van der Waals surface area contributed by atoms with Crippen molar-refractivity contribution in [2.75, 3.05) is 12.8 Å². The smallest absolute Gasteiger partial charge is 0.437 e. The van der Waals surface area contributed by atoms with Gasteiger partial charge in [0.2, 0.25) is 0 Å². The molecule has 18 heavy (non-hydrogen) atoms. The molecule has 0 bridgehead atoms. The van der Waals surface area contributed by atoms with E-state index in [-0.39, 0.29) is 5.69 Å². The largest absolute Gasteiger partial charge is 0.497 e. The monoisotopic (exact) mass is 258 g/mol. The Bertz CT molecular complexity index is 547. The first-order valence-corrected chi connectivity index (χ1v) is 4.86. The minimum atomic E-state index is -4.62. The van der Waals surface area contributed by atoms with Gasteiger partial charge in [0.15, 0.2) is 11.5 Å². The second-order valence-electron chi connectivity index (χ2n) is 3.43.